The van der Waals surface area contributed by atoms with E-state index in [1.165, 1.54) is 4.90 Å². The molecule has 3 rings (SSSR count). The quantitative estimate of drug-likeness (QED) is 0.604. The summed E-state index contributed by atoms with van der Waals surface area (Å²) in [5, 5.41) is 8.97. The van der Waals surface area contributed by atoms with Crippen molar-refractivity contribution in [3.05, 3.63) is 59.7 Å². The van der Waals surface area contributed by atoms with Gasteiger partial charge in [0.05, 0.1) is 25.6 Å². The van der Waals surface area contributed by atoms with Crippen LogP contribution >= 0.6 is 0 Å². The van der Waals surface area contributed by atoms with Crippen LogP contribution in [0, 0.1) is 0 Å². The number of benzene rings is 2. The van der Waals surface area contributed by atoms with Crippen molar-refractivity contribution in [3.63, 3.8) is 0 Å². The minimum atomic E-state index is -1.10. The van der Waals surface area contributed by atoms with Crippen molar-refractivity contribution in [1.82, 2.24) is 4.90 Å². The maximum absolute atomic E-state index is 13.2. The highest BCUT2D eigenvalue weighted by atomic mass is 16.5. The van der Waals surface area contributed by atoms with Crippen LogP contribution in [0.1, 0.15) is 37.3 Å². The van der Waals surface area contributed by atoms with Gasteiger partial charge in [0.25, 0.3) is 5.91 Å². The molecule has 1 heterocycles. The number of methoxy groups -OCH3 is 1. The van der Waals surface area contributed by atoms with Gasteiger partial charge in [0.15, 0.2) is 0 Å². The summed E-state index contributed by atoms with van der Waals surface area (Å²) in [4.78, 5) is 52.2. The van der Waals surface area contributed by atoms with Crippen molar-refractivity contribution in [1.29, 1.82) is 0 Å². The molecule has 1 aliphatic heterocycles. The molecule has 2 aromatic carbocycles. The summed E-state index contributed by atoms with van der Waals surface area (Å²) < 4.78 is 5.15. The number of carboxylic acid groups (broad SMARTS) is 1. The summed E-state index contributed by atoms with van der Waals surface area (Å²) >= 11 is 0. The van der Waals surface area contributed by atoms with E-state index in [0.717, 1.165) is 22.4 Å². The predicted molar refractivity (Wildman–Crippen MR) is 117 cm³/mol. The third-order valence-corrected chi connectivity index (χ3v) is 5.49. The Labute approximate surface area is 186 Å². The SMILES string of the molecule is CCc1ccc(N2C(=O)C[C@@H](N(Cc3ccc(OC)cc3)C(=O)CCC(=O)O)C2=O)cc1. The van der Waals surface area contributed by atoms with Crippen molar-refractivity contribution in [2.75, 3.05) is 12.0 Å². The minimum Gasteiger partial charge on any atom is -0.497 e. The van der Waals surface area contributed by atoms with Gasteiger partial charge in [0, 0.05) is 13.0 Å². The predicted octanol–water partition coefficient (Wildman–Crippen LogP) is 2.78. The van der Waals surface area contributed by atoms with Crippen LogP contribution < -0.4 is 9.64 Å². The fourth-order valence-corrected chi connectivity index (χ4v) is 3.67. The van der Waals surface area contributed by atoms with E-state index in [4.69, 9.17) is 9.84 Å². The van der Waals surface area contributed by atoms with Crippen molar-refractivity contribution in [3.8, 4) is 5.75 Å². The molecule has 1 N–H and O–H groups in total. The Bertz CT molecular complexity index is 1000. The lowest BCUT2D eigenvalue weighted by Crippen LogP contribution is -2.45. The molecule has 2 aromatic rings. The molecule has 1 aliphatic rings. The summed E-state index contributed by atoms with van der Waals surface area (Å²) in [7, 11) is 1.54. The van der Waals surface area contributed by atoms with Gasteiger partial charge < -0.3 is 14.7 Å². The average molecular weight is 438 g/mol. The van der Waals surface area contributed by atoms with Crippen LogP contribution in [0.4, 0.5) is 5.69 Å². The van der Waals surface area contributed by atoms with Crippen LogP contribution in [0.15, 0.2) is 48.5 Å². The summed E-state index contributed by atoms with van der Waals surface area (Å²) in [5.41, 5.74) is 2.27. The Kier molecular flexibility index (Phi) is 7.25. The highest BCUT2D eigenvalue weighted by molar-refractivity contribution is 6.23. The molecule has 1 saturated heterocycles. The number of carbonyl (C=O) groups is 4. The van der Waals surface area contributed by atoms with Crippen molar-refractivity contribution < 1.29 is 29.0 Å². The number of aryl methyl sites for hydroxylation is 1. The number of carboxylic acids is 1. The zero-order valence-corrected chi connectivity index (χ0v) is 18.1. The first-order valence-corrected chi connectivity index (χ1v) is 10.4. The maximum Gasteiger partial charge on any atom is 0.303 e. The standard InChI is InChI=1S/C24H26N2O6/c1-3-16-4-8-18(9-5-16)26-22(28)14-20(24(26)31)25(21(27)12-13-23(29)30)15-17-6-10-19(32-2)11-7-17/h4-11,20H,3,12-15H2,1-2H3,(H,29,30)/t20-/m1/s1. The number of imide groups is 1. The zero-order valence-electron chi connectivity index (χ0n) is 18.1. The maximum atomic E-state index is 13.2. The summed E-state index contributed by atoms with van der Waals surface area (Å²) in [6, 6.07) is 13.2. The van der Waals surface area contributed by atoms with Gasteiger partial charge in [-0.2, -0.15) is 0 Å². The Balaban J connectivity index is 1.86. The van der Waals surface area contributed by atoms with Crippen molar-refractivity contribution in [2.45, 2.75) is 45.2 Å². The molecular weight excluding hydrogens is 412 g/mol. The van der Waals surface area contributed by atoms with E-state index in [2.05, 4.69) is 0 Å². The van der Waals surface area contributed by atoms with E-state index in [-0.39, 0.29) is 25.8 Å². The molecule has 32 heavy (non-hydrogen) atoms. The number of ether oxygens (including phenoxy) is 1. The van der Waals surface area contributed by atoms with E-state index < -0.39 is 29.7 Å². The molecule has 0 aromatic heterocycles. The lowest BCUT2D eigenvalue weighted by atomic mass is 10.1. The van der Waals surface area contributed by atoms with E-state index in [1.807, 2.05) is 19.1 Å². The van der Waals surface area contributed by atoms with Gasteiger partial charge in [0.1, 0.15) is 11.8 Å². The number of amides is 3. The van der Waals surface area contributed by atoms with E-state index in [1.54, 1.807) is 43.5 Å². The molecule has 0 bridgehead atoms. The molecule has 3 amide bonds. The molecule has 8 heteroatoms. The van der Waals surface area contributed by atoms with Gasteiger partial charge >= 0.3 is 5.97 Å². The number of aliphatic carboxylic acids is 1. The molecule has 0 saturated carbocycles. The molecular formula is C24H26N2O6. The molecule has 0 spiro atoms. The highest BCUT2D eigenvalue weighted by Crippen LogP contribution is 2.28. The largest absolute Gasteiger partial charge is 0.497 e. The molecule has 0 unspecified atom stereocenters. The molecule has 1 atom stereocenters. The van der Waals surface area contributed by atoms with Crippen molar-refractivity contribution >= 4 is 29.4 Å². The Morgan fingerprint density at radius 2 is 1.66 bits per heavy atom. The van der Waals surface area contributed by atoms with E-state index in [0.29, 0.717) is 11.4 Å². The second-order valence-electron chi connectivity index (χ2n) is 7.57. The lowest BCUT2D eigenvalue weighted by Gasteiger charge is -2.28. The number of hydrogen-bond donors (Lipinski definition) is 1. The summed E-state index contributed by atoms with van der Waals surface area (Å²) in [6.07, 6.45) is 0.0749. The molecule has 0 radical (unpaired) electrons. The van der Waals surface area contributed by atoms with Gasteiger partial charge in [-0.3, -0.25) is 19.2 Å². The fraction of sp³-hybridized carbons (Fsp3) is 0.333. The second-order valence-corrected chi connectivity index (χ2v) is 7.57. The summed E-state index contributed by atoms with van der Waals surface area (Å²) in [6.45, 7) is 2.09. The van der Waals surface area contributed by atoms with Crippen LogP contribution in [0.2, 0.25) is 0 Å². The van der Waals surface area contributed by atoms with Gasteiger partial charge in [-0.05, 0) is 41.8 Å². The topological polar surface area (TPSA) is 104 Å². The van der Waals surface area contributed by atoms with Crippen LogP contribution in [-0.2, 0) is 32.1 Å². The Morgan fingerprint density at radius 3 is 2.22 bits per heavy atom. The van der Waals surface area contributed by atoms with Crippen LogP contribution in [0.3, 0.4) is 0 Å². The van der Waals surface area contributed by atoms with Gasteiger partial charge in [-0.25, -0.2) is 4.90 Å². The fourth-order valence-electron chi connectivity index (χ4n) is 3.67. The Hall–Kier alpha value is -3.68. The lowest BCUT2D eigenvalue weighted by molar-refractivity contribution is -0.143. The Morgan fingerprint density at radius 1 is 1.03 bits per heavy atom. The average Bonchev–Trinajstić information content (AvgIpc) is 3.09. The summed E-state index contributed by atoms with van der Waals surface area (Å²) in [5.74, 6) is -1.83. The van der Waals surface area contributed by atoms with Gasteiger partial charge in [0.2, 0.25) is 11.8 Å². The van der Waals surface area contributed by atoms with E-state index in [9.17, 15) is 19.2 Å². The number of anilines is 1. The zero-order chi connectivity index (χ0) is 23.3. The monoisotopic (exact) mass is 438 g/mol. The third kappa shape index (κ3) is 5.14. The number of rotatable bonds is 9. The second kappa shape index (κ2) is 10.1. The highest BCUT2D eigenvalue weighted by Gasteiger charge is 2.44. The third-order valence-electron chi connectivity index (χ3n) is 5.49. The van der Waals surface area contributed by atoms with E-state index >= 15 is 0 Å². The number of carbonyl (C=O) groups excluding carboxylic acids is 3. The van der Waals surface area contributed by atoms with Crippen LogP contribution in [0.25, 0.3) is 0 Å². The minimum absolute atomic E-state index is 0.0781. The van der Waals surface area contributed by atoms with Crippen molar-refractivity contribution in [2.24, 2.45) is 0 Å². The van der Waals surface area contributed by atoms with Crippen LogP contribution in [0.5, 0.6) is 5.75 Å². The van der Waals surface area contributed by atoms with Gasteiger partial charge in [-0.15, -0.1) is 0 Å². The first-order chi connectivity index (χ1) is 15.3. The normalized spacial score (nSPS) is 15.7. The first kappa shape index (κ1) is 23.0. The molecule has 8 nitrogen and oxygen atoms in total. The molecule has 0 aliphatic carbocycles. The first-order valence-electron chi connectivity index (χ1n) is 10.4. The molecule has 1 fully saturated rings. The molecule has 168 valence electrons. The smallest absolute Gasteiger partial charge is 0.303 e. The number of hydrogen-bond acceptors (Lipinski definition) is 5. The van der Waals surface area contributed by atoms with Crippen LogP contribution in [-0.4, -0.2) is 46.8 Å². The number of nitrogens with zero attached hydrogens (tertiary/aromatic N) is 2. The van der Waals surface area contributed by atoms with Gasteiger partial charge in [-0.1, -0.05) is 31.2 Å².